The number of aromatic amines is 1. The van der Waals surface area contributed by atoms with Crippen LogP contribution >= 0.6 is 0 Å². The average Bonchev–Trinajstić information content (AvgIpc) is 3.07. The van der Waals surface area contributed by atoms with E-state index in [9.17, 15) is 9.59 Å². The number of hydrogen-bond donors (Lipinski definition) is 2. The minimum absolute atomic E-state index is 0.0178. The molecule has 2 aliphatic heterocycles. The minimum Gasteiger partial charge on any atom is -0.483 e. The van der Waals surface area contributed by atoms with Gasteiger partial charge in [-0.1, -0.05) is 6.92 Å². The molecule has 3 rings (SSSR count). The predicted octanol–water partition coefficient (Wildman–Crippen LogP) is 0.960. The van der Waals surface area contributed by atoms with Crippen molar-refractivity contribution in [2.75, 3.05) is 26.7 Å². The van der Waals surface area contributed by atoms with Crippen molar-refractivity contribution in [2.24, 2.45) is 0 Å². The highest BCUT2D eigenvalue weighted by Crippen LogP contribution is 2.24. The van der Waals surface area contributed by atoms with E-state index in [1.807, 2.05) is 30.6 Å². The Hall–Kier alpha value is -2.42. The van der Waals surface area contributed by atoms with Gasteiger partial charge in [-0.15, -0.1) is 0 Å². The highest BCUT2D eigenvalue weighted by molar-refractivity contribution is 5.94. The van der Waals surface area contributed by atoms with Crippen LogP contribution in [-0.2, 0) is 22.6 Å². The lowest BCUT2D eigenvalue weighted by atomic mass is 10.0. The second kappa shape index (κ2) is 9.68. The molecule has 1 aromatic heterocycles. The Kier molecular flexibility index (Phi) is 7.56. The van der Waals surface area contributed by atoms with E-state index in [4.69, 9.17) is 9.90 Å². The lowest BCUT2D eigenvalue weighted by Crippen LogP contribution is -2.60. The second-order valence-corrected chi connectivity index (χ2v) is 7.44. The van der Waals surface area contributed by atoms with Crippen molar-refractivity contribution in [3.8, 4) is 0 Å². The lowest BCUT2D eigenvalue weighted by molar-refractivity contribution is -0.136. The molecular formula is C19H31N5O4. The first-order valence-electron chi connectivity index (χ1n) is 9.78. The molecule has 0 aliphatic carbocycles. The zero-order valence-corrected chi connectivity index (χ0v) is 17.1. The van der Waals surface area contributed by atoms with E-state index < -0.39 is 0 Å². The van der Waals surface area contributed by atoms with Crippen LogP contribution in [0.1, 0.15) is 55.4 Å². The topological polar surface area (TPSA) is 110 Å². The summed E-state index contributed by atoms with van der Waals surface area (Å²) in [5.74, 6) is 0.169. The van der Waals surface area contributed by atoms with E-state index in [2.05, 4.69) is 22.1 Å². The van der Waals surface area contributed by atoms with Crippen molar-refractivity contribution in [3.63, 3.8) is 0 Å². The summed E-state index contributed by atoms with van der Waals surface area (Å²) in [7, 11) is 2.06. The molecule has 0 unspecified atom stereocenters. The first-order chi connectivity index (χ1) is 13.3. The fourth-order valence-electron chi connectivity index (χ4n) is 3.88. The number of hydrogen-bond acceptors (Lipinski definition) is 5. The van der Waals surface area contributed by atoms with Crippen molar-refractivity contribution < 1.29 is 19.5 Å². The molecule has 0 spiro atoms. The van der Waals surface area contributed by atoms with Gasteiger partial charge in [-0.05, 0) is 27.3 Å². The summed E-state index contributed by atoms with van der Waals surface area (Å²) in [5, 5.41) is 14.3. The van der Waals surface area contributed by atoms with Crippen LogP contribution in [0.5, 0.6) is 0 Å². The predicted molar refractivity (Wildman–Crippen MR) is 104 cm³/mol. The fourth-order valence-corrected chi connectivity index (χ4v) is 3.88. The first kappa shape index (κ1) is 21.9. The molecule has 1 saturated heterocycles. The summed E-state index contributed by atoms with van der Waals surface area (Å²) in [6.45, 7) is 8.73. The van der Waals surface area contributed by atoms with Gasteiger partial charge in [-0.2, -0.15) is 5.10 Å². The highest BCUT2D eigenvalue weighted by atomic mass is 16.3. The molecule has 2 N–H and O–H groups in total. The number of likely N-dealkylation sites (N-methyl/N-ethyl adjacent to an activating group) is 1. The first-order valence-corrected chi connectivity index (χ1v) is 9.78. The van der Waals surface area contributed by atoms with Crippen molar-refractivity contribution in [1.82, 2.24) is 24.9 Å². The van der Waals surface area contributed by atoms with Gasteiger partial charge in [0.2, 0.25) is 5.91 Å². The molecule has 1 aromatic rings. The summed E-state index contributed by atoms with van der Waals surface area (Å²) in [6.07, 6.45) is 2.33. The van der Waals surface area contributed by atoms with Crippen molar-refractivity contribution in [1.29, 1.82) is 0 Å². The van der Waals surface area contributed by atoms with Crippen molar-refractivity contribution in [3.05, 3.63) is 17.0 Å². The number of piperazine rings is 1. The van der Waals surface area contributed by atoms with Gasteiger partial charge >= 0.3 is 0 Å². The fraction of sp³-hybridized carbons (Fsp3) is 0.684. The Morgan fingerprint density at radius 2 is 1.82 bits per heavy atom. The summed E-state index contributed by atoms with van der Waals surface area (Å²) >= 11 is 0. The zero-order chi connectivity index (χ0) is 20.8. The van der Waals surface area contributed by atoms with Crippen LogP contribution in [0.2, 0.25) is 0 Å². The zero-order valence-electron chi connectivity index (χ0n) is 17.1. The standard InChI is InChI=1S/C18H29N5O2.CH2O2/c1-5-6-16(24)22-9-10-23(13(3)12(22)2)18(25)17-14-11-21(4)8-7-15(14)19-20-17;2-1-3/h12-13H,5-11H2,1-4H3,(H,19,20);1H,(H,2,3)/t12-,13-;/m1./s1. The molecule has 1 fully saturated rings. The number of nitrogens with zero attached hydrogens (tertiary/aromatic N) is 4. The van der Waals surface area contributed by atoms with Crippen molar-refractivity contribution >= 4 is 18.3 Å². The van der Waals surface area contributed by atoms with Crippen LogP contribution in [-0.4, -0.2) is 87.1 Å². The third kappa shape index (κ3) is 4.52. The normalized spacial score (nSPS) is 22.1. The number of carbonyl (C=O) groups is 3. The van der Waals surface area contributed by atoms with Gasteiger partial charge in [0.05, 0.1) is 0 Å². The molecule has 0 aromatic carbocycles. The summed E-state index contributed by atoms with van der Waals surface area (Å²) < 4.78 is 0. The van der Waals surface area contributed by atoms with Gasteiger partial charge in [0.25, 0.3) is 12.4 Å². The summed E-state index contributed by atoms with van der Waals surface area (Å²) in [4.78, 5) is 39.8. The van der Waals surface area contributed by atoms with Crippen LogP contribution in [0.25, 0.3) is 0 Å². The van der Waals surface area contributed by atoms with Crippen molar-refractivity contribution in [2.45, 2.75) is 58.7 Å². The van der Waals surface area contributed by atoms with Gasteiger partial charge in [0.15, 0.2) is 5.69 Å². The second-order valence-electron chi connectivity index (χ2n) is 7.44. The average molecular weight is 393 g/mol. The number of nitrogens with one attached hydrogen (secondary N) is 1. The number of fused-ring (bicyclic) bond motifs is 1. The summed E-state index contributed by atoms with van der Waals surface area (Å²) in [6, 6.07) is 0.00455. The number of aromatic nitrogens is 2. The molecule has 9 heteroatoms. The van der Waals surface area contributed by atoms with Crippen LogP contribution in [0, 0.1) is 0 Å². The van der Waals surface area contributed by atoms with Gasteiger partial charge in [-0.3, -0.25) is 19.5 Å². The Labute approximate surface area is 165 Å². The molecule has 156 valence electrons. The molecule has 2 aliphatic rings. The van der Waals surface area contributed by atoms with E-state index in [0.29, 0.717) is 25.2 Å². The molecule has 28 heavy (non-hydrogen) atoms. The molecule has 9 nitrogen and oxygen atoms in total. The van der Waals surface area contributed by atoms with E-state index in [1.165, 1.54) is 0 Å². The Balaban J connectivity index is 0.000000878. The highest BCUT2D eigenvalue weighted by Gasteiger charge is 2.37. The number of carboxylic acid groups (broad SMARTS) is 1. The number of amides is 2. The van der Waals surface area contributed by atoms with E-state index in [0.717, 1.165) is 37.2 Å². The van der Waals surface area contributed by atoms with E-state index in [-0.39, 0.29) is 30.4 Å². The quantitative estimate of drug-likeness (QED) is 0.740. The minimum atomic E-state index is -0.250. The number of rotatable bonds is 3. The Morgan fingerprint density at radius 1 is 1.21 bits per heavy atom. The molecule has 2 atom stereocenters. The van der Waals surface area contributed by atoms with Crippen LogP contribution in [0.3, 0.4) is 0 Å². The number of H-pyrrole nitrogens is 1. The lowest BCUT2D eigenvalue weighted by Gasteiger charge is -2.45. The maximum atomic E-state index is 13.1. The van der Waals surface area contributed by atoms with Gasteiger partial charge < -0.3 is 19.8 Å². The van der Waals surface area contributed by atoms with Gasteiger partial charge in [-0.25, -0.2) is 0 Å². The van der Waals surface area contributed by atoms with E-state index in [1.54, 1.807) is 0 Å². The third-order valence-corrected chi connectivity index (χ3v) is 5.64. The van der Waals surface area contributed by atoms with Gasteiger partial charge in [0, 0.05) is 62.4 Å². The SMILES string of the molecule is CCCC(=O)N1CCN(C(=O)c2n[nH]c3c2CN(C)CC3)[C@H](C)[C@H]1C.O=CO. The maximum absolute atomic E-state index is 13.1. The third-order valence-electron chi connectivity index (χ3n) is 5.64. The van der Waals surface area contributed by atoms with Crippen LogP contribution < -0.4 is 0 Å². The molecular weight excluding hydrogens is 362 g/mol. The Morgan fingerprint density at radius 3 is 2.46 bits per heavy atom. The maximum Gasteiger partial charge on any atom is 0.290 e. The Bertz CT molecular complexity index is 704. The molecule has 0 saturated carbocycles. The smallest absolute Gasteiger partial charge is 0.290 e. The van der Waals surface area contributed by atoms with Crippen LogP contribution in [0.15, 0.2) is 0 Å². The molecule has 3 heterocycles. The van der Waals surface area contributed by atoms with E-state index >= 15 is 0 Å². The number of carbonyl (C=O) groups excluding carboxylic acids is 2. The molecule has 2 amide bonds. The monoisotopic (exact) mass is 393 g/mol. The summed E-state index contributed by atoms with van der Waals surface area (Å²) in [5.41, 5.74) is 2.66. The van der Waals surface area contributed by atoms with Gasteiger partial charge in [0.1, 0.15) is 0 Å². The molecule has 0 radical (unpaired) electrons. The van der Waals surface area contributed by atoms with Crippen LogP contribution in [0.4, 0.5) is 0 Å². The molecule has 0 bridgehead atoms. The largest absolute Gasteiger partial charge is 0.483 e.